The van der Waals surface area contributed by atoms with Crippen molar-refractivity contribution in [3.63, 3.8) is 0 Å². The first kappa shape index (κ1) is 19.5. The molecule has 1 aromatic rings. The lowest BCUT2D eigenvalue weighted by Crippen LogP contribution is -2.47. The first-order valence-electron chi connectivity index (χ1n) is 10.1. The number of aromatic nitrogens is 1. The molecule has 0 atom stereocenters. The van der Waals surface area contributed by atoms with Crippen LogP contribution in [0.15, 0.2) is 18.3 Å². The van der Waals surface area contributed by atoms with Crippen LogP contribution < -0.4 is 4.90 Å². The van der Waals surface area contributed by atoms with Crippen LogP contribution in [0, 0.1) is 5.41 Å². The molecule has 0 aromatic carbocycles. The standard InChI is InChI=1S/C20H26F3N3O2/c21-20(22,23)14-5-9-24-17(13-14)25-10-6-19(7-11-25)8-12-26(18(19)28)15-1-3-16(27)4-2-15/h5,9,13,15-16,27H,1-4,6-8,10-12H2/t15-,16+. The van der Waals surface area contributed by atoms with Gasteiger partial charge in [-0.1, -0.05) is 0 Å². The molecule has 28 heavy (non-hydrogen) atoms. The zero-order valence-electron chi connectivity index (χ0n) is 15.8. The van der Waals surface area contributed by atoms with E-state index in [0.29, 0.717) is 31.7 Å². The van der Waals surface area contributed by atoms with Crippen LogP contribution in [-0.4, -0.2) is 52.7 Å². The van der Waals surface area contributed by atoms with E-state index in [-0.39, 0.29) is 23.5 Å². The van der Waals surface area contributed by atoms with Gasteiger partial charge in [0.2, 0.25) is 5.91 Å². The highest BCUT2D eigenvalue weighted by Crippen LogP contribution is 2.44. The summed E-state index contributed by atoms with van der Waals surface area (Å²) in [6.07, 6.45) is 1.87. The average Bonchev–Trinajstić information content (AvgIpc) is 2.99. The summed E-state index contributed by atoms with van der Waals surface area (Å²) < 4.78 is 38.9. The average molecular weight is 397 g/mol. The highest BCUT2D eigenvalue weighted by molar-refractivity contribution is 5.85. The fourth-order valence-electron chi connectivity index (χ4n) is 4.96. The van der Waals surface area contributed by atoms with E-state index in [4.69, 9.17) is 0 Å². The van der Waals surface area contributed by atoms with Crippen LogP contribution in [0.2, 0.25) is 0 Å². The molecule has 3 heterocycles. The van der Waals surface area contributed by atoms with Gasteiger partial charge in [0.25, 0.3) is 0 Å². The van der Waals surface area contributed by atoms with Crippen molar-refractivity contribution in [1.82, 2.24) is 9.88 Å². The van der Waals surface area contributed by atoms with Gasteiger partial charge in [0, 0.05) is 31.9 Å². The van der Waals surface area contributed by atoms with Crippen molar-refractivity contribution in [1.29, 1.82) is 0 Å². The molecule has 8 heteroatoms. The first-order valence-corrected chi connectivity index (χ1v) is 10.1. The molecule has 154 valence electrons. The molecule has 0 radical (unpaired) electrons. The van der Waals surface area contributed by atoms with Gasteiger partial charge in [0.15, 0.2) is 0 Å². The Bertz CT molecular complexity index is 724. The van der Waals surface area contributed by atoms with Crippen molar-refractivity contribution < 1.29 is 23.1 Å². The van der Waals surface area contributed by atoms with Crippen LogP contribution in [0.3, 0.4) is 0 Å². The molecule has 2 aliphatic heterocycles. The molecule has 1 aliphatic carbocycles. The number of hydrogen-bond acceptors (Lipinski definition) is 4. The zero-order chi connectivity index (χ0) is 19.9. The SMILES string of the molecule is O=C1N([C@H]2CC[C@@H](O)CC2)CCC12CCN(c1cc(C(F)(F)F)ccn1)CC2. The summed E-state index contributed by atoms with van der Waals surface area (Å²) in [5.41, 5.74) is -1.07. The Morgan fingerprint density at radius 1 is 1.07 bits per heavy atom. The van der Waals surface area contributed by atoms with Gasteiger partial charge in [-0.2, -0.15) is 13.2 Å². The van der Waals surface area contributed by atoms with E-state index >= 15 is 0 Å². The molecule has 3 aliphatic rings. The number of alkyl halides is 3. The molecule has 2 saturated heterocycles. The third kappa shape index (κ3) is 3.58. The Balaban J connectivity index is 1.41. The van der Waals surface area contributed by atoms with Gasteiger partial charge in [0.1, 0.15) is 5.82 Å². The predicted octanol–water partition coefficient (Wildman–Crippen LogP) is 3.22. The summed E-state index contributed by atoms with van der Waals surface area (Å²) in [6.45, 7) is 1.83. The van der Waals surface area contributed by atoms with E-state index in [9.17, 15) is 23.1 Å². The lowest BCUT2D eigenvalue weighted by molar-refractivity contribution is -0.140. The maximum atomic E-state index is 13.2. The topological polar surface area (TPSA) is 56.7 Å². The lowest BCUT2D eigenvalue weighted by atomic mass is 9.77. The van der Waals surface area contributed by atoms with Gasteiger partial charge in [-0.3, -0.25) is 4.79 Å². The number of carbonyl (C=O) groups excluding carboxylic acids is 1. The number of pyridine rings is 1. The molecule has 3 fully saturated rings. The molecule has 1 amide bonds. The van der Waals surface area contributed by atoms with Crippen LogP contribution in [0.5, 0.6) is 0 Å². The summed E-state index contributed by atoms with van der Waals surface area (Å²) in [5.74, 6) is 0.527. The highest BCUT2D eigenvalue weighted by Gasteiger charge is 2.50. The Morgan fingerprint density at radius 3 is 2.36 bits per heavy atom. The van der Waals surface area contributed by atoms with Gasteiger partial charge in [-0.15, -0.1) is 0 Å². The monoisotopic (exact) mass is 397 g/mol. The molecule has 1 aromatic heterocycles. The van der Waals surface area contributed by atoms with Gasteiger partial charge < -0.3 is 14.9 Å². The maximum absolute atomic E-state index is 13.2. The molecule has 0 bridgehead atoms. The second-order valence-electron chi connectivity index (χ2n) is 8.38. The van der Waals surface area contributed by atoms with Crippen LogP contribution in [0.1, 0.15) is 50.5 Å². The van der Waals surface area contributed by atoms with E-state index in [1.165, 1.54) is 6.20 Å². The molecule has 5 nitrogen and oxygen atoms in total. The summed E-state index contributed by atoms with van der Waals surface area (Å²) >= 11 is 0. The molecular formula is C20H26F3N3O2. The van der Waals surface area contributed by atoms with Crippen LogP contribution in [-0.2, 0) is 11.0 Å². The number of aliphatic hydroxyl groups excluding tert-OH is 1. The van der Waals surface area contributed by atoms with E-state index < -0.39 is 11.7 Å². The van der Waals surface area contributed by atoms with Crippen molar-refractivity contribution in [2.24, 2.45) is 5.41 Å². The molecule has 1 N–H and O–H groups in total. The molecule has 1 spiro atoms. The van der Waals surface area contributed by atoms with Gasteiger partial charge in [0.05, 0.1) is 17.1 Å². The van der Waals surface area contributed by atoms with Gasteiger partial charge >= 0.3 is 6.18 Å². The van der Waals surface area contributed by atoms with E-state index in [1.807, 2.05) is 9.80 Å². The Labute approximate surface area is 162 Å². The van der Waals surface area contributed by atoms with Crippen molar-refractivity contribution in [2.45, 2.75) is 63.3 Å². The second kappa shape index (κ2) is 7.21. The number of halogens is 3. The fraction of sp³-hybridized carbons (Fsp3) is 0.700. The number of aliphatic hydroxyl groups is 1. The fourth-order valence-corrected chi connectivity index (χ4v) is 4.96. The summed E-state index contributed by atoms with van der Waals surface area (Å²) in [6, 6.07) is 2.29. The number of rotatable bonds is 2. The van der Waals surface area contributed by atoms with Gasteiger partial charge in [-0.25, -0.2) is 4.98 Å². The number of hydrogen-bond donors (Lipinski definition) is 1. The molecular weight excluding hydrogens is 371 g/mol. The Morgan fingerprint density at radius 2 is 1.71 bits per heavy atom. The number of anilines is 1. The minimum Gasteiger partial charge on any atom is -0.393 e. The molecule has 4 rings (SSSR count). The number of likely N-dealkylation sites (tertiary alicyclic amines) is 1. The smallest absolute Gasteiger partial charge is 0.393 e. The molecule has 0 unspecified atom stereocenters. The first-order chi connectivity index (χ1) is 13.3. The van der Waals surface area contributed by atoms with E-state index in [1.54, 1.807) is 0 Å². The Hall–Kier alpha value is -1.83. The van der Waals surface area contributed by atoms with Crippen molar-refractivity contribution in [3.05, 3.63) is 23.9 Å². The van der Waals surface area contributed by atoms with Crippen molar-refractivity contribution in [2.75, 3.05) is 24.5 Å². The van der Waals surface area contributed by atoms with Crippen LogP contribution >= 0.6 is 0 Å². The second-order valence-corrected chi connectivity index (χ2v) is 8.38. The third-order valence-corrected chi connectivity index (χ3v) is 6.77. The minimum absolute atomic E-state index is 0.200. The summed E-state index contributed by atoms with van der Waals surface area (Å²) in [4.78, 5) is 21.1. The van der Waals surface area contributed by atoms with Gasteiger partial charge in [-0.05, 0) is 57.1 Å². The lowest BCUT2D eigenvalue weighted by Gasteiger charge is -2.40. The van der Waals surface area contributed by atoms with Crippen LogP contribution in [0.4, 0.5) is 19.0 Å². The van der Waals surface area contributed by atoms with Crippen molar-refractivity contribution in [3.8, 4) is 0 Å². The maximum Gasteiger partial charge on any atom is 0.416 e. The van der Waals surface area contributed by atoms with Crippen LogP contribution in [0.25, 0.3) is 0 Å². The Kier molecular flexibility index (Phi) is 5.02. The number of nitrogens with zero attached hydrogens (tertiary/aromatic N) is 3. The number of piperidine rings is 1. The largest absolute Gasteiger partial charge is 0.416 e. The minimum atomic E-state index is -4.38. The predicted molar refractivity (Wildman–Crippen MR) is 97.7 cm³/mol. The van der Waals surface area contributed by atoms with E-state index in [2.05, 4.69) is 4.98 Å². The normalized spacial score (nSPS) is 28.2. The highest BCUT2D eigenvalue weighted by atomic mass is 19.4. The quantitative estimate of drug-likeness (QED) is 0.833. The third-order valence-electron chi connectivity index (χ3n) is 6.77. The van der Waals surface area contributed by atoms with E-state index in [0.717, 1.165) is 50.8 Å². The molecule has 1 saturated carbocycles. The summed E-state index contributed by atoms with van der Waals surface area (Å²) in [5, 5.41) is 9.70. The zero-order valence-corrected chi connectivity index (χ0v) is 15.8. The number of amides is 1. The summed E-state index contributed by atoms with van der Waals surface area (Å²) in [7, 11) is 0. The number of carbonyl (C=O) groups is 1. The van der Waals surface area contributed by atoms with Crippen molar-refractivity contribution >= 4 is 11.7 Å².